The van der Waals surface area contributed by atoms with Crippen molar-refractivity contribution in [2.75, 3.05) is 18.5 Å². The summed E-state index contributed by atoms with van der Waals surface area (Å²) in [5, 5.41) is 3.68. The minimum absolute atomic E-state index is 0.0700. The molecule has 1 fully saturated rings. The predicted octanol–water partition coefficient (Wildman–Crippen LogP) is 5.46. The van der Waals surface area contributed by atoms with E-state index in [1.807, 2.05) is 6.07 Å². The Labute approximate surface area is 161 Å². The number of benzene rings is 2. The highest BCUT2D eigenvalue weighted by Crippen LogP contribution is 2.33. The third kappa shape index (κ3) is 4.59. The molecule has 1 atom stereocenters. The van der Waals surface area contributed by atoms with Crippen LogP contribution in [0.2, 0.25) is 15.1 Å². The maximum absolute atomic E-state index is 12.6. The van der Waals surface area contributed by atoms with Crippen molar-refractivity contribution in [1.29, 1.82) is 0 Å². The third-order valence-electron chi connectivity index (χ3n) is 3.84. The van der Waals surface area contributed by atoms with Gasteiger partial charge in [-0.05, 0) is 37.1 Å². The van der Waals surface area contributed by atoms with Gasteiger partial charge in [0.2, 0.25) is 0 Å². The van der Waals surface area contributed by atoms with Crippen LogP contribution in [0.1, 0.15) is 23.2 Å². The molecule has 132 valence electrons. The summed E-state index contributed by atoms with van der Waals surface area (Å²) in [5.41, 5.74) is 0.789. The number of nitrogens with one attached hydrogen (secondary N) is 1. The van der Waals surface area contributed by atoms with Gasteiger partial charge in [-0.15, -0.1) is 0 Å². The second kappa shape index (κ2) is 8.28. The lowest BCUT2D eigenvalue weighted by Gasteiger charge is -2.15. The van der Waals surface area contributed by atoms with E-state index < -0.39 is 0 Å². The Morgan fingerprint density at radius 1 is 1.16 bits per heavy atom. The Kier molecular flexibility index (Phi) is 6.07. The molecule has 1 unspecified atom stereocenters. The van der Waals surface area contributed by atoms with Gasteiger partial charge in [-0.3, -0.25) is 4.79 Å². The zero-order valence-electron chi connectivity index (χ0n) is 13.2. The van der Waals surface area contributed by atoms with Gasteiger partial charge in [0.1, 0.15) is 12.4 Å². The molecule has 3 rings (SSSR count). The zero-order chi connectivity index (χ0) is 17.8. The first-order valence-corrected chi connectivity index (χ1v) is 8.97. The molecule has 1 aliphatic heterocycles. The number of anilines is 1. The van der Waals surface area contributed by atoms with Crippen LogP contribution in [-0.4, -0.2) is 25.2 Å². The number of carbonyl (C=O) groups is 1. The lowest BCUT2D eigenvalue weighted by Crippen LogP contribution is -2.19. The number of hydrogen-bond donors (Lipinski definition) is 1. The second-order valence-corrected chi connectivity index (χ2v) is 6.86. The fourth-order valence-electron chi connectivity index (χ4n) is 2.55. The number of ether oxygens (including phenoxy) is 2. The Morgan fingerprint density at radius 3 is 2.68 bits per heavy atom. The average molecular weight is 401 g/mol. The van der Waals surface area contributed by atoms with Gasteiger partial charge in [-0.2, -0.15) is 0 Å². The van der Waals surface area contributed by atoms with E-state index in [1.165, 1.54) is 12.1 Å². The van der Waals surface area contributed by atoms with E-state index in [9.17, 15) is 4.79 Å². The second-order valence-electron chi connectivity index (χ2n) is 5.64. The standard InChI is InChI=1S/C18H16Cl3NO3/c19-13-8-15(21)16(9-14(13)20)22-18(23)12-5-1-2-6-17(12)25-10-11-4-3-7-24-11/h1-2,5-6,8-9,11H,3-4,7,10H2,(H,22,23). The number of amides is 1. The van der Waals surface area contributed by atoms with Crippen molar-refractivity contribution in [1.82, 2.24) is 0 Å². The monoisotopic (exact) mass is 399 g/mol. The van der Waals surface area contributed by atoms with Crippen LogP contribution in [0.5, 0.6) is 5.75 Å². The van der Waals surface area contributed by atoms with Crippen LogP contribution in [0, 0.1) is 0 Å². The summed E-state index contributed by atoms with van der Waals surface area (Å²) < 4.78 is 11.3. The van der Waals surface area contributed by atoms with Crippen molar-refractivity contribution >= 4 is 46.4 Å². The maximum atomic E-state index is 12.6. The Bertz CT molecular complexity index is 776. The molecule has 1 amide bonds. The van der Waals surface area contributed by atoms with Crippen LogP contribution in [-0.2, 0) is 4.74 Å². The molecule has 2 aromatic carbocycles. The molecule has 2 aromatic rings. The lowest BCUT2D eigenvalue weighted by atomic mass is 10.1. The van der Waals surface area contributed by atoms with E-state index in [4.69, 9.17) is 44.3 Å². The van der Waals surface area contributed by atoms with Gasteiger partial charge in [0.15, 0.2) is 0 Å². The molecular weight excluding hydrogens is 385 g/mol. The molecular formula is C18H16Cl3NO3. The average Bonchev–Trinajstić information content (AvgIpc) is 3.11. The van der Waals surface area contributed by atoms with Gasteiger partial charge in [-0.1, -0.05) is 46.9 Å². The highest BCUT2D eigenvalue weighted by molar-refractivity contribution is 6.44. The van der Waals surface area contributed by atoms with E-state index in [0.29, 0.717) is 38.7 Å². The summed E-state index contributed by atoms with van der Waals surface area (Å²) in [6.45, 7) is 1.17. The first kappa shape index (κ1) is 18.3. The topological polar surface area (TPSA) is 47.6 Å². The van der Waals surface area contributed by atoms with Crippen LogP contribution >= 0.6 is 34.8 Å². The van der Waals surface area contributed by atoms with E-state index >= 15 is 0 Å². The molecule has 0 aromatic heterocycles. The van der Waals surface area contributed by atoms with E-state index in [1.54, 1.807) is 18.2 Å². The number of carbonyl (C=O) groups excluding carboxylic acids is 1. The highest BCUT2D eigenvalue weighted by Gasteiger charge is 2.19. The number of hydrogen-bond acceptors (Lipinski definition) is 3. The summed E-state index contributed by atoms with van der Waals surface area (Å²) in [6, 6.07) is 10.0. The minimum atomic E-state index is -0.344. The van der Waals surface area contributed by atoms with Crippen molar-refractivity contribution in [2.45, 2.75) is 18.9 Å². The molecule has 0 aliphatic carbocycles. The molecule has 7 heteroatoms. The first-order chi connectivity index (χ1) is 12.0. The van der Waals surface area contributed by atoms with Gasteiger partial charge in [0, 0.05) is 6.61 Å². The van der Waals surface area contributed by atoms with E-state index in [0.717, 1.165) is 19.4 Å². The number of para-hydroxylation sites is 1. The molecule has 0 bridgehead atoms. The van der Waals surface area contributed by atoms with Crippen molar-refractivity contribution < 1.29 is 14.3 Å². The van der Waals surface area contributed by atoms with Crippen LogP contribution in [0.4, 0.5) is 5.69 Å². The summed E-state index contributed by atoms with van der Waals surface area (Å²) >= 11 is 18.0. The van der Waals surface area contributed by atoms with Crippen molar-refractivity contribution in [3.8, 4) is 5.75 Å². The van der Waals surface area contributed by atoms with Crippen LogP contribution in [0.15, 0.2) is 36.4 Å². The van der Waals surface area contributed by atoms with Crippen LogP contribution < -0.4 is 10.1 Å². The smallest absolute Gasteiger partial charge is 0.259 e. The third-order valence-corrected chi connectivity index (χ3v) is 4.87. The lowest BCUT2D eigenvalue weighted by molar-refractivity contribution is 0.0673. The molecule has 1 aliphatic rings. The fraction of sp³-hybridized carbons (Fsp3) is 0.278. The summed E-state index contributed by atoms with van der Waals surface area (Å²) in [7, 11) is 0. The van der Waals surface area contributed by atoms with Gasteiger partial charge < -0.3 is 14.8 Å². The predicted molar refractivity (Wildman–Crippen MR) is 100 cm³/mol. The van der Waals surface area contributed by atoms with Crippen LogP contribution in [0.25, 0.3) is 0 Å². The highest BCUT2D eigenvalue weighted by atomic mass is 35.5. The zero-order valence-corrected chi connectivity index (χ0v) is 15.5. The summed E-state index contributed by atoms with van der Waals surface area (Å²) in [4.78, 5) is 12.6. The Hall–Kier alpha value is -1.46. The molecule has 1 saturated heterocycles. The van der Waals surface area contributed by atoms with Crippen molar-refractivity contribution in [2.24, 2.45) is 0 Å². The Morgan fingerprint density at radius 2 is 1.92 bits per heavy atom. The van der Waals surface area contributed by atoms with E-state index in [-0.39, 0.29) is 12.0 Å². The largest absolute Gasteiger partial charge is 0.490 e. The molecule has 0 saturated carbocycles. The SMILES string of the molecule is O=C(Nc1cc(Cl)c(Cl)cc1Cl)c1ccccc1OCC1CCCO1. The molecule has 25 heavy (non-hydrogen) atoms. The van der Waals surface area contributed by atoms with Gasteiger partial charge in [-0.25, -0.2) is 0 Å². The normalized spacial score (nSPS) is 16.7. The van der Waals surface area contributed by atoms with Gasteiger partial charge in [0.25, 0.3) is 5.91 Å². The van der Waals surface area contributed by atoms with Gasteiger partial charge >= 0.3 is 0 Å². The fourth-order valence-corrected chi connectivity index (χ4v) is 3.14. The van der Waals surface area contributed by atoms with Crippen LogP contribution in [0.3, 0.4) is 0 Å². The summed E-state index contributed by atoms with van der Waals surface area (Å²) in [5.74, 6) is 0.148. The summed E-state index contributed by atoms with van der Waals surface area (Å²) in [6.07, 6.45) is 2.07. The van der Waals surface area contributed by atoms with E-state index in [2.05, 4.69) is 5.32 Å². The maximum Gasteiger partial charge on any atom is 0.259 e. The first-order valence-electron chi connectivity index (χ1n) is 7.84. The van der Waals surface area contributed by atoms with Gasteiger partial charge in [0.05, 0.1) is 32.4 Å². The molecule has 4 nitrogen and oxygen atoms in total. The Balaban J connectivity index is 1.74. The molecule has 1 N–H and O–H groups in total. The molecule has 0 spiro atoms. The molecule has 1 heterocycles. The number of rotatable bonds is 5. The van der Waals surface area contributed by atoms with Crippen molar-refractivity contribution in [3.05, 3.63) is 57.0 Å². The quantitative estimate of drug-likeness (QED) is 0.678. The minimum Gasteiger partial charge on any atom is -0.490 e. The van der Waals surface area contributed by atoms with Crippen molar-refractivity contribution in [3.63, 3.8) is 0 Å². The number of halogens is 3. The molecule has 0 radical (unpaired) electrons.